The number of nitrogens with one attached hydrogen (secondary N) is 1. The molecular formula is C14H16N2O2. The molecule has 0 fully saturated rings. The van der Waals surface area contributed by atoms with Crippen LogP contribution in [0.2, 0.25) is 0 Å². The second-order valence-electron chi connectivity index (χ2n) is 4.19. The lowest BCUT2D eigenvalue weighted by atomic mass is 10.1. The van der Waals surface area contributed by atoms with Gasteiger partial charge in [0.1, 0.15) is 5.56 Å². The van der Waals surface area contributed by atoms with E-state index in [9.17, 15) is 9.59 Å². The van der Waals surface area contributed by atoms with Gasteiger partial charge in [0.2, 0.25) is 0 Å². The van der Waals surface area contributed by atoms with Gasteiger partial charge in [-0.1, -0.05) is 18.2 Å². The van der Waals surface area contributed by atoms with Crippen molar-refractivity contribution in [3.8, 4) is 0 Å². The van der Waals surface area contributed by atoms with E-state index in [0.717, 1.165) is 18.4 Å². The summed E-state index contributed by atoms with van der Waals surface area (Å²) < 4.78 is 1.56. The van der Waals surface area contributed by atoms with E-state index >= 15 is 0 Å². The molecule has 0 radical (unpaired) electrons. The molecule has 0 aliphatic heterocycles. The Balaban J connectivity index is 2.29. The largest absolute Gasteiger partial charge is 0.355 e. The third kappa shape index (κ3) is 2.59. The molecule has 0 spiro atoms. The molecule has 4 nitrogen and oxygen atoms in total. The van der Waals surface area contributed by atoms with Crippen LogP contribution in [0.1, 0.15) is 23.2 Å². The van der Waals surface area contributed by atoms with Crippen LogP contribution < -0.4 is 10.9 Å². The predicted octanol–water partition coefficient (Wildman–Crippen LogP) is 1.48. The summed E-state index contributed by atoms with van der Waals surface area (Å²) in [7, 11) is 1.52. The number of allylic oxidation sites excluding steroid dienone is 4. The lowest BCUT2D eigenvalue weighted by molar-refractivity contribution is 0.0961. The Morgan fingerprint density at radius 3 is 2.94 bits per heavy atom. The highest BCUT2D eigenvalue weighted by Crippen LogP contribution is 2.10. The number of pyridine rings is 1. The van der Waals surface area contributed by atoms with Gasteiger partial charge in [-0.3, -0.25) is 9.59 Å². The highest BCUT2D eigenvalue weighted by Gasteiger charge is 2.10. The van der Waals surface area contributed by atoms with Gasteiger partial charge in [-0.2, -0.15) is 0 Å². The third-order valence-corrected chi connectivity index (χ3v) is 2.92. The standard InChI is InChI=1S/C14H16N2O2/c1-15-13(17)12-8-5-9-16(14(12)18)10-11-6-3-2-4-7-11/h3,5-9H,2,4,10H2,1H3,(H,15,17). The lowest BCUT2D eigenvalue weighted by Gasteiger charge is -2.10. The van der Waals surface area contributed by atoms with Crippen LogP contribution in [0.25, 0.3) is 0 Å². The van der Waals surface area contributed by atoms with Gasteiger partial charge in [0.05, 0.1) is 6.54 Å². The molecule has 0 atom stereocenters. The summed E-state index contributed by atoms with van der Waals surface area (Å²) in [6.07, 6.45) is 10.0. The quantitative estimate of drug-likeness (QED) is 0.875. The van der Waals surface area contributed by atoms with Gasteiger partial charge in [0.25, 0.3) is 11.5 Å². The monoisotopic (exact) mass is 244 g/mol. The average Bonchev–Trinajstić information content (AvgIpc) is 2.41. The van der Waals surface area contributed by atoms with Crippen molar-refractivity contribution in [2.45, 2.75) is 19.4 Å². The van der Waals surface area contributed by atoms with E-state index in [2.05, 4.69) is 17.5 Å². The van der Waals surface area contributed by atoms with Crippen LogP contribution in [0.3, 0.4) is 0 Å². The topological polar surface area (TPSA) is 51.1 Å². The molecule has 0 aromatic carbocycles. The number of rotatable bonds is 3. The van der Waals surface area contributed by atoms with Crippen LogP contribution in [-0.4, -0.2) is 17.5 Å². The molecule has 94 valence electrons. The highest BCUT2D eigenvalue weighted by atomic mass is 16.2. The van der Waals surface area contributed by atoms with Crippen molar-refractivity contribution in [2.75, 3.05) is 7.05 Å². The number of carbonyl (C=O) groups excluding carboxylic acids is 1. The van der Waals surface area contributed by atoms with E-state index in [-0.39, 0.29) is 17.0 Å². The maximum Gasteiger partial charge on any atom is 0.263 e. The van der Waals surface area contributed by atoms with Gasteiger partial charge >= 0.3 is 0 Å². The Hall–Kier alpha value is -2.10. The first kappa shape index (κ1) is 12.4. The zero-order valence-electron chi connectivity index (χ0n) is 10.3. The minimum absolute atomic E-state index is 0.181. The average molecular weight is 244 g/mol. The Morgan fingerprint density at radius 1 is 1.44 bits per heavy atom. The number of amides is 1. The minimum atomic E-state index is -0.345. The van der Waals surface area contributed by atoms with Gasteiger partial charge in [-0.15, -0.1) is 0 Å². The fourth-order valence-corrected chi connectivity index (χ4v) is 1.95. The first-order valence-corrected chi connectivity index (χ1v) is 5.99. The molecule has 1 aromatic heterocycles. The third-order valence-electron chi connectivity index (χ3n) is 2.92. The summed E-state index contributed by atoms with van der Waals surface area (Å²) in [5.41, 5.74) is 1.04. The summed E-state index contributed by atoms with van der Waals surface area (Å²) in [4.78, 5) is 23.6. The number of hydrogen-bond acceptors (Lipinski definition) is 2. The van der Waals surface area contributed by atoms with E-state index in [4.69, 9.17) is 0 Å². The van der Waals surface area contributed by atoms with Crippen LogP contribution in [-0.2, 0) is 6.54 Å². The maximum absolute atomic E-state index is 12.1. The van der Waals surface area contributed by atoms with Crippen molar-refractivity contribution in [3.05, 3.63) is 58.0 Å². The molecule has 0 saturated carbocycles. The summed E-state index contributed by atoms with van der Waals surface area (Å²) in [6, 6.07) is 3.27. The highest BCUT2D eigenvalue weighted by molar-refractivity contribution is 5.93. The Kier molecular flexibility index (Phi) is 3.77. The van der Waals surface area contributed by atoms with Crippen molar-refractivity contribution in [3.63, 3.8) is 0 Å². The summed E-state index contributed by atoms with van der Waals surface area (Å²) in [5.74, 6) is -0.345. The van der Waals surface area contributed by atoms with Gasteiger partial charge < -0.3 is 9.88 Å². The number of nitrogens with zero attached hydrogens (tertiary/aromatic N) is 1. The van der Waals surface area contributed by atoms with Crippen molar-refractivity contribution in [2.24, 2.45) is 0 Å². The zero-order chi connectivity index (χ0) is 13.0. The molecule has 1 aliphatic rings. The lowest BCUT2D eigenvalue weighted by Crippen LogP contribution is -2.31. The molecular weight excluding hydrogens is 228 g/mol. The smallest absolute Gasteiger partial charge is 0.263 e. The molecule has 0 bridgehead atoms. The van der Waals surface area contributed by atoms with E-state index in [0.29, 0.717) is 6.54 Å². The first-order valence-electron chi connectivity index (χ1n) is 5.99. The van der Waals surface area contributed by atoms with Gasteiger partial charge in [0, 0.05) is 13.2 Å². The molecule has 2 rings (SSSR count). The molecule has 18 heavy (non-hydrogen) atoms. The Bertz CT molecular complexity index is 567. The van der Waals surface area contributed by atoms with Crippen LogP contribution in [0.15, 0.2) is 46.9 Å². The summed E-state index contributed by atoms with van der Waals surface area (Å²) in [5, 5.41) is 2.47. The van der Waals surface area contributed by atoms with Crippen molar-refractivity contribution in [1.82, 2.24) is 9.88 Å². The molecule has 1 aromatic rings. The fraction of sp³-hybridized carbons (Fsp3) is 0.286. The van der Waals surface area contributed by atoms with Gasteiger partial charge in [-0.25, -0.2) is 0 Å². The molecule has 1 N–H and O–H groups in total. The van der Waals surface area contributed by atoms with E-state index in [1.807, 2.05) is 6.08 Å². The first-order chi connectivity index (χ1) is 8.72. The van der Waals surface area contributed by atoms with E-state index in [1.165, 1.54) is 7.05 Å². The maximum atomic E-state index is 12.1. The van der Waals surface area contributed by atoms with Crippen molar-refractivity contribution < 1.29 is 4.79 Å². The van der Waals surface area contributed by atoms with Crippen LogP contribution in [0, 0.1) is 0 Å². The molecule has 1 aliphatic carbocycles. The molecule has 1 heterocycles. The molecule has 1 amide bonds. The second-order valence-corrected chi connectivity index (χ2v) is 4.19. The Labute approximate surface area is 106 Å². The molecule has 0 saturated heterocycles. The van der Waals surface area contributed by atoms with Crippen molar-refractivity contribution >= 4 is 5.91 Å². The summed E-state index contributed by atoms with van der Waals surface area (Å²) >= 11 is 0. The van der Waals surface area contributed by atoms with Crippen molar-refractivity contribution in [1.29, 1.82) is 0 Å². The minimum Gasteiger partial charge on any atom is -0.355 e. The van der Waals surface area contributed by atoms with Crippen LogP contribution in [0.4, 0.5) is 0 Å². The predicted molar refractivity (Wildman–Crippen MR) is 70.5 cm³/mol. The van der Waals surface area contributed by atoms with Crippen LogP contribution in [0.5, 0.6) is 0 Å². The number of aromatic nitrogens is 1. The van der Waals surface area contributed by atoms with Gasteiger partial charge in [-0.05, 0) is 30.5 Å². The van der Waals surface area contributed by atoms with E-state index in [1.54, 1.807) is 22.9 Å². The SMILES string of the molecule is CNC(=O)c1cccn(CC2=CCCC=C2)c1=O. The number of hydrogen-bond donors (Lipinski definition) is 1. The van der Waals surface area contributed by atoms with E-state index < -0.39 is 0 Å². The molecule has 4 heteroatoms. The fourth-order valence-electron chi connectivity index (χ4n) is 1.95. The summed E-state index contributed by atoms with van der Waals surface area (Å²) in [6.45, 7) is 0.514. The number of carbonyl (C=O) groups is 1. The zero-order valence-corrected chi connectivity index (χ0v) is 10.3. The molecule has 0 unspecified atom stereocenters. The second kappa shape index (κ2) is 5.49. The Morgan fingerprint density at radius 2 is 2.28 bits per heavy atom. The van der Waals surface area contributed by atoms with Crippen LogP contribution >= 0.6 is 0 Å². The van der Waals surface area contributed by atoms with Gasteiger partial charge in [0.15, 0.2) is 0 Å². The normalized spacial score (nSPS) is 14.2.